The summed E-state index contributed by atoms with van der Waals surface area (Å²) >= 11 is 0. The minimum Gasteiger partial charge on any atom is -0.388 e. The summed E-state index contributed by atoms with van der Waals surface area (Å²) in [6, 6.07) is 7.36. The van der Waals surface area contributed by atoms with E-state index in [2.05, 4.69) is 0 Å². The summed E-state index contributed by atoms with van der Waals surface area (Å²) in [7, 11) is 0. The van der Waals surface area contributed by atoms with Crippen molar-refractivity contribution in [3.63, 3.8) is 0 Å². The third kappa shape index (κ3) is 3.15. The maximum Gasteiger partial charge on any atom is 0.126 e. The molecule has 1 atom stereocenters. The van der Waals surface area contributed by atoms with Crippen molar-refractivity contribution >= 4 is 0 Å². The number of benzene rings is 2. The van der Waals surface area contributed by atoms with Gasteiger partial charge in [-0.15, -0.1) is 0 Å². The summed E-state index contributed by atoms with van der Waals surface area (Å²) in [4.78, 5) is 0. The van der Waals surface area contributed by atoms with Crippen molar-refractivity contribution in [1.29, 1.82) is 0 Å². The molecule has 2 aromatic carbocycles. The van der Waals surface area contributed by atoms with Crippen LogP contribution in [-0.2, 0) is 6.42 Å². The Morgan fingerprint density at radius 1 is 1.00 bits per heavy atom. The molecule has 19 heavy (non-hydrogen) atoms. The molecule has 0 aliphatic rings. The zero-order valence-electron chi connectivity index (χ0n) is 10.3. The van der Waals surface area contributed by atoms with E-state index in [1.54, 1.807) is 13.0 Å². The van der Waals surface area contributed by atoms with Crippen molar-refractivity contribution in [2.75, 3.05) is 0 Å². The fourth-order valence-corrected chi connectivity index (χ4v) is 1.84. The van der Waals surface area contributed by atoms with Crippen LogP contribution in [0.4, 0.5) is 13.2 Å². The van der Waals surface area contributed by atoms with Crippen molar-refractivity contribution in [2.45, 2.75) is 19.4 Å². The molecule has 1 nitrogen and oxygen atoms in total. The highest BCUT2D eigenvalue weighted by atomic mass is 19.1. The predicted octanol–water partition coefficient (Wildman–Crippen LogP) is 3.69. The summed E-state index contributed by atoms with van der Waals surface area (Å²) in [6.07, 6.45) is -1.18. The van der Waals surface area contributed by atoms with Crippen LogP contribution in [0.1, 0.15) is 22.8 Å². The molecule has 0 bridgehead atoms. The van der Waals surface area contributed by atoms with Crippen LogP contribution in [0.15, 0.2) is 36.4 Å². The fourth-order valence-electron chi connectivity index (χ4n) is 1.84. The van der Waals surface area contributed by atoms with Gasteiger partial charge in [-0.3, -0.25) is 0 Å². The van der Waals surface area contributed by atoms with Gasteiger partial charge in [-0.1, -0.05) is 12.1 Å². The van der Waals surface area contributed by atoms with E-state index in [9.17, 15) is 18.3 Å². The highest BCUT2D eigenvalue weighted by Gasteiger charge is 2.13. The average molecular weight is 266 g/mol. The van der Waals surface area contributed by atoms with Crippen molar-refractivity contribution < 1.29 is 18.3 Å². The lowest BCUT2D eigenvalue weighted by Gasteiger charge is -2.12. The van der Waals surface area contributed by atoms with Crippen LogP contribution in [0, 0.1) is 24.4 Å². The monoisotopic (exact) mass is 266 g/mol. The van der Waals surface area contributed by atoms with Crippen molar-refractivity contribution in [3.8, 4) is 0 Å². The van der Waals surface area contributed by atoms with Gasteiger partial charge < -0.3 is 5.11 Å². The van der Waals surface area contributed by atoms with Gasteiger partial charge in [0.05, 0.1) is 6.10 Å². The number of rotatable bonds is 3. The molecule has 0 saturated heterocycles. The number of hydrogen-bond acceptors (Lipinski definition) is 1. The van der Waals surface area contributed by atoms with E-state index in [4.69, 9.17) is 0 Å². The largest absolute Gasteiger partial charge is 0.388 e. The van der Waals surface area contributed by atoms with Crippen molar-refractivity contribution in [3.05, 3.63) is 70.5 Å². The molecule has 0 radical (unpaired) electrons. The van der Waals surface area contributed by atoms with Crippen molar-refractivity contribution in [1.82, 2.24) is 0 Å². The standard InChI is InChI=1S/C15H13F3O/c1-9-2-3-10(7-14(9)18)15(19)8-11-6-12(16)4-5-13(11)17/h2-7,15,19H,8H2,1H3. The number of hydrogen-bond donors (Lipinski definition) is 1. The summed E-state index contributed by atoms with van der Waals surface area (Å²) in [5, 5.41) is 9.95. The van der Waals surface area contributed by atoms with Crippen LogP contribution < -0.4 is 0 Å². The van der Waals surface area contributed by atoms with Crippen LogP contribution in [0.5, 0.6) is 0 Å². The number of aliphatic hydroxyl groups is 1. The first-order valence-electron chi connectivity index (χ1n) is 5.85. The first-order chi connectivity index (χ1) is 8.97. The lowest BCUT2D eigenvalue weighted by molar-refractivity contribution is 0.176. The third-order valence-corrected chi connectivity index (χ3v) is 3.00. The normalized spacial score (nSPS) is 12.5. The second-order valence-corrected chi connectivity index (χ2v) is 4.46. The molecule has 0 amide bonds. The number of halogens is 3. The molecule has 2 rings (SSSR count). The maximum absolute atomic E-state index is 13.4. The second kappa shape index (κ2) is 5.45. The molecule has 0 aliphatic carbocycles. The topological polar surface area (TPSA) is 20.2 Å². The molecule has 0 spiro atoms. The number of aryl methyl sites for hydroxylation is 1. The lowest BCUT2D eigenvalue weighted by Crippen LogP contribution is -2.05. The lowest BCUT2D eigenvalue weighted by atomic mass is 10.00. The molecular formula is C15H13F3O. The number of aliphatic hydroxyl groups excluding tert-OH is 1. The predicted molar refractivity (Wildman–Crippen MR) is 66.2 cm³/mol. The Morgan fingerprint density at radius 3 is 2.42 bits per heavy atom. The average Bonchev–Trinajstić information content (AvgIpc) is 2.37. The minimum atomic E-state index is -1.08. The Bertz CT molecular complexity index is 596. The zero-order chi connectivity index (χ0) is 14.0. The Labute approximate surface area is 109 Å². The molecule has 0 saturated carbocycles. The summed E-state index contributed by atoms with van der Waals surface area (Å²) in [5.41, 5.74) is 0.869. The van der Waals surface area contributed by atoms with E-state index >= 15 is 0 Å². The first-order valence-corrected chi connectivity index (χ1v) is 5.85. The van der Waals surface area contributed by atoms with Crippen LogP contribution in [0.25, 0.3) is 0 Å². The minimum absolute atomic E-state index is 0.0634. The van der Waals surface area contributed by atoms with E-state index in [0.717, 1.165) is 18.2 Å². The van der Waals surface area contributed by atoms with Gasteiger partial charge in [0.15, 0.2) is 0 Å². The van der Waals surface area contributed by atoms with E-state index in [1.807, 2.05) is 0 Å². The zero-order valence-corrected chi connectivity index (χ0v) is 10.3. The quantitative estimate of drug-likeness (QED) is 0.898. The van der Waals surface area contributed by atoms with E-state index in [1.165, 1.54) is 12.1 Å². The third-order valence-electron chi connectivity index (χ3n) is 3.00. The smallest absolute Gasteiger partial charge is 0.126 e. The van der Waals surface area contributed by atoms with Crippen LogP contribution >= 0.6 is 0 Å². The van der Waals surface area contributed by atoms with Gasteiger partial charge in [0.2, 0.25) is 0 Å². The highest BCUT2D eigenvalue weighted by molar-refractivity contribution is 5.27. The summed E-state index contributed by atoms with van der Waals surface area (Å²) < 4.78 is 39.8. The van der Waals surface area contributed by atoms with E-state index in [-0.39, 0.29) is 12.0 Å². The van der Waals surface area contributed by atoms with Gasteiger partial charge in [0.25, 0.3) is 0 Å². The molecule has 1 N–H and O–H groups in total. The van der Waals surface area contributed by atoms with E-state index < -0.39 is 23.6 Å². The molecule has 4 heteroatoms. The molecule has 2 aromatic rings. The van der Waals surface area contributed by atoms with Crippen LogP contribution in [0.2, 0.25) is 0 Å². The Kier molecular flexibility index (Phi) is 3.90. The van der Waals surface area contributed by atoms with E-state index in [0.29, 0.717) is 11.1 Å². The molecule has 0 heterocycles. The van der Waals surface area contributed by atoms with Gasteiger partial charge in [0, 0.05) is 6.42 Å². The van der Waals surface area contributed by atoms with Crippen LogP contribution in [0.3, 0.4) is 0 Å². The fraction of sp³-hybridized carbons (Fsp3) is 0.200. The highest BCUT2D eigenvalue weighted by Crippen LogP contribution is 2.22. The van der Waals surface area contributed by atoms with Crippen molar-refractivity contribution in [2.24, 2.45) is 0 Å². The Hall–Kier alpha value is -1.81. The SMILES string of the molecule is Cc1ccc(C(O)Cc2cc(F)ccc2F)cc1F. The Balaban J connectivity index is 2.22. The summed E-state index contributed by atoms with van der Waals surface area (Å²) in [6.45, 7) is 1.61. The Morgan fingerprint density at radius 2 is 1.74 bits per heavy atom. The van der Waals surface area contributed by atoms with Gasteiger partial charge in [-0.05, 0) is 47.9 Å². The summed E-state index contributed by atoms with van der Waals surface area (Å²) in [5.74, 6) is -1.59. The molecular weight excluding hydrogens is 253 g/mol. The molecule has 0 fully saturated rings. The van der Waals surface area contributed by atoms with Gasteiger partial charge >= 0.3 is 0 Å². The maximum atomic E-state index is 13.4. The molecule has 0 aromatic heterocycles. The first kappa shape index (κ1) is 13.6. The molecule has 1 unspecified atom stereocenters. The second-order valence-electron chi connectivity index (χ2n) is 4.46. The molecule has 100 valence electrons. The van der Waals surface area contributed by atoms with Gasteiger partial charge in [-0.2, -0.15) is 0 Å². The van der Waals surface area contributed by atoms with Gasteiger partial charge in [0.1, 0.15) is 17.5 Å². The van der Waals surface area contributed by atoms with Crippen LogP contribution in [-0.4, -0.2) is 5.11 Å². The van der Waals surface area contributed by atoms with Gasteiger partial charge in [-0.25, -0.2) is 13.2 Å². The molecule has 0 aliphatic heterocycles.